The number of nitrogens with zero attached hydrogens (tertiary/aromatic N) is 2. The van der Waals surface area contributed by atoms with Crippen molar-refractivity contribution < 1.29 is 4.79 Å². The highest BCUT2D eigenvalue weighted by Gasteiger charge is 2.33. The van der Waals surface area contributed by atoms with Crippen molar-refractivity contribution in [1.82, 2.24) is 4.90 Å². The zero-order valence-corrected chi connectivity index (χ0v) is 9.16. The summed E-state index contributed by atoms with van der Waals surface area (Å²) in [5, 5.41) is 8.75. The summed E-state index contributed by atoms with van der Waals surface area (Å²) in [7, 11) is 0. The van der Waals surface area contributed by atoms with E-state index in [1.54, 1.807) is 0 Å². The van der Waals surface area contributed by atoms with Crippen LogP contribution < -0.4 is 0 Å². The van der Waals surface area contributed by atoms with Gasteiger partial charge in [-0.25, -0.2) is 0 Å². The standard InChI is InChI=1S/C11H18N2O/c1-4-8(2)9(3)13-7-10(6-12)5-11(13)14/h8-10H,4-5,7H2,1-3H3. The number of carbonyl (C=O) groups is 1. The van der Waals surface area contributed by atoms with Crippen LogP contribution in [0, 0.1) is 23.2 Å². The minimum absolute atomic E-state index is 0.0889. The molecule has 14 heavy (non-hydrogen) atoms. The predicted octanol–water partition coefficient (Wildman–Crippen LogP) is 1.79. The molecule has 0 aromatic carbocycles. The Hall–Kier alpha value is -1.04. The summed E-state index contributed by atoms with van der Waals surface area (Å²) >= 11 is 0. The van der Waals surface area contributed by atoms with Gasteiger partial charge in [-0.15, -0.1) is 0 Å². The minimum Gasteiger partial charge on any atom is -0.338 e. The van der Waals surface area contributed by atoms with Crippen LogP contribution in [0.4, 0.5) is 0 Å². The van der Waals surface area contributed by atoms with E-state index in [9.17, 15) is 4.79 Å². The fourth-order valence-electron chi connectivity index (χ4n) is 1.86. The summed E-state index contributed by atoms with van der Waals surface area (Å²) in [4.78, 5) is 13.4. The lowest BCUT2D eigenvalue weighted by atomic mass is 10.00. The van der Waals surface area contributed by atoms with E-state index in [-0.39, 0.29) is 17.9 Å². The molecule has 0 aromatic heterocycles. The molecule has 3 atom stereocenters. The molecule has 1 saturated heterocycles. The Morgan fingerprint density at radius 3 is 2.71 bits per heavy atom. The SMILES string of the molecule is CCC(C)C(C)N1CC(C#N)CC1=O. The average Bonchev–Trinajstić information content (AvgIpc) is 2.57. The number of carbonyl (C=O) groups excluding carboxylic acids is 1. The van der Waals surface area contributed by atoms with Crippen LogP contribution >= 0.6 is 0 Å². The van der Waals surface area contributed by atoms with Gasteiger partial charge in [0, 0.05) is 19.0 Å². The molecular formula is C11H18N2O. The fraction of sp³-hybridized carbons (Fsp3) is 0.818. The molecule has 0 saturated carbocycles. The largest absolute Gasteiger partial charge is 0.338 e. The van der Waals surface area contributed by atoms with E-state index in [4.69, 9.17) is 5.26 Å². The van der Waals surface area contributed by atoms with E-state index in [2.05, 4.69) is 26.8 Å². The highest BCUT2D eigenvalue weighted by molar-refractivity contribution is 5.79. The van der Waals surface area contributed by atoms with Crippen LogP contribution in [0.2, 0.25) is 0 Å². The molecule has 1 aliphatic heterocycles. The number of nitriles is 1. The topological polar surface area (TPSA) is 44.1 Å². The predicted molar refractivity (Wildman–Crippen MR) is 54.4 cm³/mol. The molecule has 1 rings (SSSR count). The molecule has 3 nitrogen and oxygen atoms in total. The summed E-state index contributed by atoms with van der Waals surface area (Å²) in [5.41, 5.74) is 0. The third kappa shape index (κ3) is 2.06. The molecule has 3 heteroatoms. The lowest BCUT2D eigenvalue weighted by Gasteiger charge is -2.29. The molecule has 1 aliphatic rings. The number of amides is 1. The molecule has 78 valence electrons. The summed E-state index contributed by atoms with van der Waals surface area (Å²) in [6, 6.07) is 2.44. The summed E-state index contributed by atoms with van der Waals surface area (Å²) in [6.45, 7) is 6.98. The van der Waals surface area contributed by atoms with E-state index < -0.39 is 0 Å². The van der Waals surface area contributed by atoms with Crippen molar-refractivity contribution in [2.75, 3.05) is 6.54 Å². The average molecular weight is 194 g/mol. The molecule has 3 unspecified atom stereocenters. The first-order valence-electron chi connectivity index (χ1n) is 5.29. The molecule has 0 aliphatic carbocycles. The zero-order chi connectivity index (χ0) is 10.7. The lowest BCUT2D eigenvalue weighted by Crippen LogP contribution is -2.38. The molecule has 1 amide bonds. The van der Waals surface area contributed by atoms with Gasteiger partial charge < -0.3 is 4.90 Å². The van der Waals surface area contributed by atoms with Crippen LogP contribution in [-0.4, -0.2) is 23.4 Å². The van der Waals surface area contributed by atoms with Crippen molar-refractivity contribution in [3.63, 3.8) is 0 Å². The van der Waals surface area contributed by atoms with Crippen molar-refractivity contribution in [2.45, 2.75) is 39.7 Å². The first kappa shape index (κ1) is 11.0. The van der Waals surface area contributed by atoms with Crippen molar-refractivity contribution >= 4 is 5.91 Å². The highest BCUT2D eigenvalue weighted by Crippen LogP contribution is 2.23. The normalized spacial score (nSPS) is 26.0. The van der Waals surface area contributed by atoms with E-state index in [0.29, 0.717) is 18.9 Å². The lowest BCUT2D eigenvalue weighted by molar-refractivity contribution is -0.130. The molecule has 1 heterocycles. The van der Waals surface area contributed by atoms with Gasteiger partial charge in [-0.3, -0.25) is 4.79 Å². The molecule has 0 aromatic rings. The second-order valence-electron chi connectivity index (χ2n) is 4.20. The maximum atomic E-state index is 11.6. The molecule has 0 N–H and O–H groups in total. The third-order valence-electron chi connectivity index (χ3n) is 3.30. The Morgan fingerprint density at radius 2 is 2.29 bits per heavy atom. The molecule has 0 bridgehead atoms. The van der Waals surface area contributed by atoms with Gasteiger partial charge >= 0.3 is 0 Å². The monoisotopic (exact) mass is 194 g/mol. The molecule has 1 fully saturated rings. The van der Waals surface area contributed by atoms with Gasteiger partial charge in [0.1, 0.15) is 0 Å². The smallest absolute Gasteiger partial charge is 0.224 e. The maximum absolute atomic E-state index is 11.6. The second kappa shape index (κ2) is 4.45. The quantitative estimate of drug-likeness (QED) is 0.687. The first-order chi connectivity index (χ1) is 6.60. The van der Waals surface area contributed by atoms with Crippen LogP contribution in [0.1, 0.15) is 33.6 Å². The Bertz CT molecular complexity index is 257. The first-order valence-corrected chi connectivity index (χ1v) is 5.29. The molecule has 0 radical (unpaired) electrons. The van der Waals surface area contributed by atoms with E-state index >= 15 is 0 Å². The van der Waals surface area contributed by atoms with Gasteiger partial charge in [-0.1, -0.05) is 20.3 Å². The van der Waals surface area contributed by atoms with Crippen LogP contribution in [0.5, 0.6) is 0 Å². The number of rotatable bonds is 3. The van der Waals surface area contributed by atoms with Gasteiger partial charge in [-0.05, 0) is 12.8 Å². The highest BCUT2D eigenvalue weighted by atomic mass is 16.2. The van der Waals surface area contributed by atoms with E-state index in [0.717, 1.165) is 6.42 Å². The number of hydrogen-bond acceptors (Lipinski definition) is 2. The molecule has 0 spiro atoms. The zero-order valence-electron chi connectivity index (χ0n) is 9.16. The van der Waals surface area contributed by atoms with Crippen LogP contribution in [0.15, 0.2) is 0 Å². The van der Waals surface area contributed by atoms with Gasteiger partial charge in [-0.2, -0.15) is 5.26 Å². The number of likely N-dealkylation sites (tertiary alicyclic amines) is 1. The van der Waals surface area contributed by atoms with Gasteiger partial charge in [0.25, 0.3) is 0 Å². The van der Waals surface area contributed by atoms with Crippen molar-refractivity contribution in [1.29, 1.82) is 5.26 Å². The van der Waals surface area contributed by atoms with Crippen LogP contribution in [-0.2, 0) is 4.79 Å². The minimum atomic E-state index is -0.0889. The van der Waals surface area contributed by atoms with Crippen LogP contribution in [0.3, 0.4) is 0 Å². The second-order valence-corrected chi connectivity index (χ2v) is 4.20. The van der Waals surface area contributed by atoms with Crippen molar-refractivity contribution in [3.05, 3.63) is 0 Å². The van der Waals surface area contributed by atoms with Gasteiger partial charge in [0.2, 0.25) is 5.91 Å². The Balaban J connectivity index is 2.62. The Kier molecular flexibility index (Phi) is 3.51. The third-order valence-corrected chi connectivity index (χ3v) is 3.30. The maximum Gasteiger partial charge on any atom is 0.224 e. The van der Waals surface area contributed by atoms with Gasteiger partial charge in [0.15, 0.2) is 0 Å². The Morgan fingerprint density at radius 1 is 1.64 bits per heavy atom. The van der Waals surface area contributed by atoms with E-state index in [1.807, 2.05) is 4.90 Å². The van der Waals surface area contributed by atoms with Crippen LogP contribution in [0.25, 0.3) is 0 Å². The number of hydrogen-bond donors (Lipinski definition) is 0. The van der Waals surface area contributed by atoms with Crippen molar-refractivity contribution in [2.24, 2.45) is 11.8 Å². The summed E-state index contributed by atoms with van der Waals surface area (Å²) in [6.07, 6.45) is 1.49. The van der Waals surface area contributed by atoms with Gasteiger partial charge in [0.05, 0.1) is 12.0 Å². The van der Waals surface area contributed by atoms with E-state index in [1.165, 1.54) is 0 Å². The van der Waals surface area contributed by atoms with Crippen molar-refractivity contribution in [3.8, 4) is 6.07 Å². The summed E-state index contributed by atoms with van der Waals surface area (Å²) in [5.74, 6) is 0.565. The Labute approximate surface area is 85.7 Å². The fourth-order valence-corrected chi connectivity index (χ4v) is 1.86. The summed E-state index contributed by atoms with van der Waals surface area (Å²) < 4.78 is 0. The molecular weight excluding hydrogens is 176 g/mol.